The van der Waals surface area contributed by atoms with Crippen LogP contribution in [0.15, 0.2) is 46.8 Å². The molecule has 0 fully saturated rings. The van der Waals surface area contributed by atoms with Gasteiger partial charge < -0.3 is 19.6 Å². The molecule has 2 rings (SSSR count). The summed E-state index contributed by atoms with van der Waals surface area (Å²) >= 11 is 0. The van der Waals surface area contributed by atoms with Crippen molar-refractivity contribution in [1.29, 1.82) is 0 Å². The third kappa shape index (κ3) is 5.56. The summed E-state index contributed by atoms with van der Waals surface area (Å²) in [4.78, 5) is 50.6. The van der Waals surface area contributed by atoms with Gasteiger partial charge in [0.2, 0.25) is 0 Å². The van der Waals surface area contributed by atoms with Gasteiger partial charge in [-0.25, -0.2) is 9.59 Å². The number of esters is 2. The number of non-ortho nitro benzene ring substituents is 1. The molecule has 0 amide bonds. The van der Waals surface area contributed by atoms with Gasteiger partial charge in [0.15, 0.2) is 0 Å². The molecule has 1 heterocycles. The Hall–Kier alpha value is -3.96. The zero-order chi connectivity index (χ0) is 23.1. The SMILES string of the molecule is CCOC(=O)C1=C(C)NC(C)=C(C(=O)OCCO[N+](=O)[O-])C1c1cccc([N+](=O)[O-])c1. The van der Waals surface area contributed by atoms with Gasteiger partial charge in [-0.05, 0) is 26.3 Å². The summed E-state index contributed by atoms with van der Waals surface area (Å²) < 4.78 is 10.2. The number of rotatable bonds is 9. The summed E-state index contributed by atoms with van der Waals surface area (Å²) in [6.45, 7) is 4.03. The van der Waals surface area contributed by atoms with Crippen LogP contribution in [0.2, 0.25) is 0 Å². The third-order valence-corrected chi connectivity index (χ3v) is 4.40. The van der Waals surface area contributed by atoms with E-state index in [0.29, 0.717) is 17.0 Å². The minimum Gasteiger partial charge on any atom is -0.463 e. The van der Waals surface area contributed by atoms with Crippen LogP contribution in [0.5, 0.6) is 0 Å². The summed E-state index contributed by atoms with van der Waals surface area (Å²) in [7, 11) is 0. The molecule has 1 unspecified atom stereocenters. The van der Waals surface area contributed by atoms with Crippen molar-refractivity contribution in [3.8, 4) is 0 Å². The van der Waals surface area contributed by atoms with Crippen molar-refractivity contribution in [3.05, 3.63) is 72.6 Å². The molecule has 0 aromatic heterocycles. The molecular formula is C19H21N3O9. The van der Waals surface area contributed by atoms with Crippen LogP contribution in [-0.4, -0.2) is 41.8 Å². The molecule has 1 aromatic rings. The van der Waals surface area contributed by atoms with Crippen molar-refractivity contribution >= 4 is 17.6 Å². The zero-order valence-electron chi connectivity index (χ0n) is 17.1. The molecule has 0 spiro atoms. The van der Waals surface area contributed by atoms with Gasteiger partial charge in [-0.3, -0.25) is 10.1 Å². The standard InChI is InChI=1S/C19H21N3O9/c1-4-29-18(23)15-11(2)20-12(3)16(19(24)30-8-9-31-22(27)28)17(15)13-6-5-7-14(10-13)21(25)26/h5-7,10,17,20H,4,8-9H2,1-3H3. The number of nitrogens with zero attached hydrogens (tertiary/aromatic N) is 2. The highest BCUT2D eigenvalue weighted by molar-refractivity contribution is 5.99. The molecule has 0 bridgehead atoms. The Morgan fingerprint density at radius 1 is 1.03 bits per heavy atom. The second-order valence-electron chi connectivity index (χ2n) is 6.40. The van der Waals surface area contributed by atoms with Crippen molar-refractivity contribution in [2.75, 3.05) is 19.8 Å². The fourth-order valence-corrected chi connectivity index (χ4v) is 3.22. The fourth-order valence-electron chi connectivity index (χ4n) is 3.22. The predicted molar refractivity (Wildman–Crippen MR) is 105 cm³/mol. The van der Waals surface area contributed by atoms with Gasteiger partial charge >= 0.3 is 11.9 Å². The number of allylic oxidation sites excluding steroid dienone is 2. The number of carbonyl (C=O) groups is 2. The summed E-state index contributed by atoms with van der Waals surface area (Å²) in [5, 5.41) is 23.4. The highest BCUT2D eigenvalue weighted by atomic mass is 17.0. The predicted octanol–water partition coefficient (Wildman–Crippen LogP) is 2.14. The van der Waals surface area contributed by atoms with Crippen LogP contribution in [0.3, 0.4) is 0 Å². The second-order valence-corrected chi connectivity index (χ2v) is 6.40. The number of nitro benzene ring substituents is 1. The third-order valence-electron chi connectivity index (χ3n) is 4.40. The number of nitrogens with one attached hydrogen (secondary N) is 1. The number of hydrogen-bond donors (Lipinski definition) is 1. The van der Waals surface area contributed by atoms with Crippen molar-refractivity contribution in [1.82, 2.24) is 5.32 Å². The molecule has 1 N–H and O–H groups in total. The highest BCUT2D eigenvalue weighted by Crippen LogP contribution is 2.40. The summed E-state index contributed by atoms with van der Waals surface area (Å²) in [5.74, 6) is -2.56. The number of dihydropyridines is 1. The van der Waals surface area contributed by atoms with E-state index < -0.39 is 41.1 Å². The smallest absolute Gasteiger partial charge is 0.336 e. The number of ether oxygens (including phenoxy) is 2. The van der Waals surface area contributed by atoms with Crippen LogP contribution < -0.4 is 5.32 Å². The Bertz CT molecular complexity index is 968. The summed E-state index contributed by atoms with van der Waals surface area (Å²) in [5.41, 5.74) is 0.993. The Labute approximate surface area is 176 Å². The largest absolute Gasteiger partial charge is 0.463 e. The summed E-state index contributed by atoms with van der Waals surface area (Å²) in [6, 6.07) is 5.54. The monoisotopic (exact) mass is 435 g/mol. The maximum absolute atomic E-state index is 12.8. The van der Waals surface area contributed by atoms with E-state index in [1.54, 1.807) is 26.8 Å². The van der Waals surface area contributed by atoms with Gasteiger partial charge in [0.25, 0.3) is 10.8 Å². The Balaban J connectivity index is 2.50. The highest BCUT2D eigenvalue weighted by Gasteiger charge is 2.38. The molecule has 12 nitrogen and oxygen atoms in total. The molecule has 0 radical (unpaired) electrons. The van der Waals surface area contributed by atoms with Gasteiger partial charge in [-0.15, -0.1) is 10.1 Å². The van der Waals surface area contributed by atoms with E-state index in [4.69, 9.17) is 9.47 Å². The summed E-state index contributed by atoms with van der Waals surface area (Å²) in [6.07, 6.45) is 0. The average molecular weight is 435 g/mol. The van der Waals surface area contributed by atoms with Crippen molar-refractivity contribution in [3.63, 3.8) is 0 Å². The first-order valence-corrected chi connectivity index (χ1v) is 9.21. The fraction of sp³-hybridized carbons (Fsp3) is 0.368. The van der Waals surface area contributed by atoms with E-state index in [0.717, 1.165) is 0 Å². The number of benzene rings is 1. The lowest BCUT2D eigenvalue weighted by Gasteiger charge is -2.30. The molecule has 1 aromatic carbocycles. The quantitative estimate of drug-likeness (QED) is 0.263. The first-order valence-electron chi connectivity index (χ1n) is 9.21. The molecule has 0 aliphatic carbocycles. The Kier molecular flexibility index (Phi) is 7.66. The molecule has 1 aliphatic heterocycles. The lowest BCUT2D eigenvalue weighted by Crippen LogP contribution is -2.33. The first kappa shape index (κ1) is 23.3. The number of hydrogen-bond acceptors (Lipinski definition) is 10. The van der Waals surface area contributed by atoms with Crippen LogP contribution in [0.25, 0.3) is 0 Å². The number of nitro groups is 1. The maximum Gasteiger partial charge on any atom is 0.336 e. The molecular weight excluding hydrogens is 414 g/mol. The van der Waals surface area contributed by atoms with E-state index in [9.17, 15) is 29.8 Å². The zero-order valence-corrected chi connectivity index (χ0v) is 17.1. The normalized spacial score (nSPS) is 15.8. The maximum atomic E-state index is 12.8. The first-order chi connectivity index (χ1) is 14.7. The molecule has 12 heteroatoms. The molecule has 0 saturated carbocycles. The number of carbonyl (C=O) groups excluding carboxylic acids is 2. The molecule has 1 aliphatic rings. The molecule has 0 saturated heterocycles. The van der Waals surface area contributed by atoms with Crippen molar-refractivity contribution in [2.24, 2.45) is 0 Å². The lowest BCUT2D eigenvalue weighted by molar-refractivity contribution is -0.757. The topological polar surface area (TPSA) is 160 Å². The van der Waals surface area contributed by atoms with E-state index in [-0.39, 0.29) is 23.4 Å². The minimum atomic E-state index is -1.02. The molecule has 1 atom stereocenters. The van der Waals surface area contributed by atoms with Gasteiger partial charge in [-0.2, -0.15) is 0 Å². The van der Waals surface area contributed by atoms with Crippen LogP contribution in [0, 0.1) is 20.2 Å². The molecule has 31 heavy (non-hydrogen) atoms. The van der Waals surface area contributed by atoms with Crippen LogP contribution >= 0.6 is 0 Å². The minimum absolute atomic E-state index is 0.0234. The van der Waals surface area contributed by atoms with E-state index in [1.807, 2.05) is 0 Å². The van der Waals surface area contributed by atoms with Crippen LogP contribution in [0.4, 0.5) is 5.69 Å². The van der Waals surface area contributed by atoms with Crippen molar-refractivity contribution < 1.29 is 33.9 Å². The lowest BCUT2D eigenvalue weighted by atomic mass is 9.80. The van der Waals surface area contributed by atoms with Gasteiger partial charge in [-0.1, -0.05) is 12.1 Å². The Morgan fingerprint density at radius 2 is 1.65 bits per heavy atom. The van der Waals surface area contributed by atoms with E-state index in [2.05, 4.69) is 10.2 Å². The van der Waals surface area contributed by atoms with Crippen LogP contribution in [0.1, 0.15) is 32.3 Å². The molecule has 166 valence electrons. The van der Waals surface area contributed by atoms with Gasteiger partial charge in [0, 0.05) is 23.5 Å². The van der Waals surface area contributed by atoms with Gasteiger partial charge in [0.05, 0.1) is 28.6 Å². The van der Waals surface area contributed by atoms with Crippen molar-refractivity contribution in [2.45, 2.75) is 26.7 Å². The van der Waals surface area contributed by atoms with Gasteiger partial charge in [0.1, 0.15) is 13.2 Å². The average Bonchev–Trinajstić information content (AvgIpc) is 2.70. The van der Waals surface area contributed by atoms with E-state index >= 15 is 0 Å². The second kappa shape index (κ2) is 10.2. The van der Waals surface area contributed by atoms with Crippen LogP contribution in [-0.2, 0) is 23.9 Å². The Morgan fingerprint density at radius 3 is 2.19 bits per heavy atom. The van der Waals surface area contributed by atoms with E-state index in [1.165, 1.54) is 18.2 Å².